The summed E-state index contributed by atoms with van der Waals surface area (Å²) < 4.78 is 0. The number of amides is 1. The lowest BCUT2D eigenvalue weighted by molar-refractivity contribution is -0.122. The van der Waals surface area contributed by atoms with Crippen molar-refractivity contribution in [3.8, 4) is 6.07 Å². The molecular weight excluding hydrogens is 388 g/mol. The van der Waals surface area contributed by atoms with Crippen LogP contribution < -0.4 is 16.0 Å². The van der Waals surface area contributed by atoms with E-state index in [0.29, 0.717) is 41.8 Å². The molecule has 31 heavy (non-hydrogen) atoms. The first-order valence-corrected chi connectivity index (χ1v) is 10.5. The van der Waals surface area contributed by atoms with Crippen LogP contribution in [0.25, 0.3) is 0 Å². The Balaban J connectivity index is 1.84. The zero-order valence-corrected chi connectivity index (χ0v) is 17.2. The summed E-state index contributed by atoms with van der Waals surface area (Å²) >= 11 is 0. The lowest BCUT2D eigenvalue weighted by Crippen LogP contribution is -2.50. The van der Waals surface area contributed by atoms with Crippen LogP contribution >= 0.6 is 0 Å². The molecule has 1 unspecified atom stereocenters. The van der Waals surface area contributed by atoms with E-state index < -0.39 is 11.3 Å². The number of rotatable bonds is 2. The predicted molar refractivity (Wildman–Crippen MR) is 118 cm³/mol. The maximum absolute atomic E-state index is 13.5. The molecule has 1 aliphatic carbocycles. The van der Waals surface area contributed by atoms with E-state index in [4.69, 9.17) is 5.73 Å². The first kappa shape index (κ1) is 19.1. The normalized spacial score (nSPS) is 22.4. The number of carbonyl (C=O) groups excluding carboxylic acids is 2. The Labute approximate surface area is 180 Å². The predicted octanol–water partition coefficient (Wildman–Crippen LogP) is 3.66. The van der Waals surface area contributed by atoms with E-state index in [2.05, 4.69) is 18.3 Å². The summed E-state index contributed by atoms with van der Waals surface area (Å²) in [6.07, 6.45) is 2.53. The van der Waals surface area contributed by atoms with Crippen molar-refractivity contribution in [2.24, 2.45) is 5.73 Å². The van der Waals surface area contributed by atoms with E-state index in [1.165, 1.54) is 5.56 Å². The third-order valence-electron chi connectivity index (χ3n) is 6.54. The van der Waals surface area contributed by atoms with Gasteiger partial charge in [0.2, 0.25) is 5.91 Å². The number of carbonyl (C=O) groups is 2. The highest BCUT2D eigenvalue weighted by atomic mass is 16.2. The highest BCUT2D eigenvalue weighted by molar-refractivity contribution is 6.19. The third-order valence-corrected chi connectivity index (χ3v) is 6.54. The summed E-state index contributed by atoms with van der Waals surface area (Å²) in [7, 11) is 0. The molecule has 3 aliphatic rings. The van der Waals surface area contributed by atoms with Crippen LogP contribution in [0.3, 0.4) is 0 Å². The number of aryl methyl sites for hydroxylation is 1. The molecule has 154 valence electrons. The van der Waals surface area contributed by atoms with E-state index in [0.717, 1.165) is 12.1 Å². The maximum atomic E-state index is 13.5. The number of hydrogen-bond acceptors (Lipinski definition) is 5. The Hall–Kier alpha value is -3.85. The minimum Gasteiger partial charge on any atom is -0.384 e. The lowest BCUT2D eigenvalue weighted by Gasteiger charge is -2.43. The van der Waals surface area contributed by atoms with Crippen LogP contribution in [0.1, 0.15) is 37.3 Å². The van der Waals surface area contributed by atoms with Crippen LogP contribution in [0, 0.1) is 11.3 Å². The van der Waals surface area contributed by atoms with Gasteiger partial charge in [-0.05, 0) is 43.0 Å². The van der Waals surface area contributed by atoms with Gasteiger partial charge in [0.15, 0.2) is 5.78 Å². The number of allylic oxidation sites excluding steroid dienone is 1. The number of ketones is 1. The molecule has 2 aromatic carbocycles. The Morgan fingerprint density at radius 2 is 1.87 bits per heavy atom. The topological polar surface area (TPSA) is 99.2 Å². The second-order valence-electron chi connectivity index (χ2n) is 8.08. The summed E-state index contributed by atoms with van der Waals surface area (Å²) in [5.74, 6) is -0.299. The van der Waals surface area contributed by atoms with Gasteiger partial charge >= 0.3 is 0 Å². The van der Waals surface area contributed by atoms with Crippen LogP contribution in [-0.4, -0.2) is 11.7 Å². The Morgan fingerprint density at radius 3 is 2.58 bits per heavy atom. The zero-order valence-electron chi connectivity index (χ0n) is 17.2. The molecule has 2 heterocycles. The number of nitrogens with one attached hydrogen (secondary N) is 1. The summed E-state index contributed by atoms with van der Waals surface area (Å²) in [6, 6.07) is 17.4. The fraction of sp³-hybridized carbons (Fsp3) is 0.240. The maximum Gasteiger partial charge on any atom is 0.245 e. The third kappa shape index (κ3) is 2.43. The van der Waals surface area contributed by atoms with E-state index in [-0.39, 0.29) is 17.2 Å². The molecule has 0 saturated heterocycles. The fourth-order valence-corrected chi connectivity index (χ4v) is 5.12. The Morgan fingerprint density at radius 1 is 1.13 bits per heavy atom. The molecule has 0 bridgehead atoms. The van der Waals surface area contributed by atoms with E-state index in [1.807, 2.05) is 36.4 Å². The van der Waals surface area contributed by atoms with Gasteiger partial charge in [0.05, 0.1) is 5.57 Å². The fourth-order valence-electron chi connectivity index (χ4n) is 5.12. The number of nitriles is 1. The average molecular weight is 410 g/mol. The zero-order chi connectivity index (χ0) is 21.8. The molecule has 1 amide bonds. The number of fused-ring (bicyclic) bond motifs is 3. The molecule has 0 fully saturated rings. The molecule has 0 radical (unpaired) electrons. The minimum atomic E-state index is -1.50. The van der Waals surface area contributed by atoms with Crippen LogP contribution in [0.15, 0.2) is 71.2 Å². The number of benzene rings is 2. The van der Waals surface area contributed by atoms with Crippen molar-refractivity contribution >= 4 is 23.1 Å². The summed E-state index contributed by atoms with van der Waals surface area (Å²) in [4.78, 5) is 28.6. The monoisotopic (exact) mass is 410 g/mol. The number of nitrogens with zero attached hydrogens (tertiary/aromatic N) is 2. The van der Waals surface area contributed by atoms with Crippen molar-refractivity contribution in [2.75, 3.05) is 10.2 Å². The smallest absolute Gasteiger partial charge is 0.245 e. The molecular formula is C25H22N4O2. The van der Waals surface area contributed by atoms with Crippen LogP contribution in [0.5, 0.6) is 0 Å². The molecule has 6 nitrogen and oxygen atoms in total. The van der Waals surface area contributed by atoms with Gasteiger partial charge in [-0.25, -0.2) is 0 Å². The lowest BCUT2D eigenvalue weighted by atomic mass is 9.64. The van der Waals surface area contributed by atoms with Crippen molar-refractivity contribution in [1.82, 2.24) is 0 Å². The largest absolute Gasteiger partial charge is 0.384 e. The van der Waals surface area contributed by atoms with Crippen molar-refractivity contribution in [3.63, 3.8) is 0 Å². The number of para-hydroxylation sites is 1. The average Bonchev–Trinajstić information content (AvgIpc) is 3.07. The highest BCUT2D eigenvalue weighted by Crippen LogP contribution is 2.54. The van der Waals surface area contributed by atoms with Gasteiger partial charge in [-0.1, -0.05) is 37.3 Å². The van der Waals surface area contributed by atoms with Crippen LogP contribution in [-0.2, 0) is 21.4 Å². The molecule has 0 aromatic heterocycles. The molecule has 6 heteroatoms. The molecule has 2 aromatic rings. The highest BCUT2D eigenvalue weighted by Gasteiger charge is 2.59. The molecule has 5 rings (SSSR count). The van der Waals surface area contributed by atoms with E-state index >= 15 is 0 Å². The standard InChI is InChI=1S/C25H22N4O2/c1-2-15-10-12-16(13-11-15)29-20-8-5-9-21(30)22(20)25(18(14-26)23(29)27)17-6-3-4-7-19(17)28-24(25)31/h3-4,6-7,10-13H,2,5,8-9,27H2,1H3,(H,28,31). The first-order valence-electron chi connectivity index (χ1n) is 10.5. The number of anilines is 2. The van der Waals surface area contributed by atoms with Gasteiger partial charge in [0, 0.05) is 34.6 Å². The molecule has 3 N–H and O–H groups in total. The summed E-state index contributed by atoms with van der Waals surface area (Å²) in [5.41, 5.74) is 9.50. The Bertz CT molecular complexity index is 1230. The molecule has 1 atom stereocenters. The van der Waals surface area contributed by atoms with Gasteiger partial charge in [0.25, 0.3) is 0 Å². The van der Waals surface area contributed by atoms with Gasteiger partial charge in [-0.15, -0.1) is 0 Å². The van der Waals surface area contributed by atoms with Crippen LogP contribution in [0.4, 0.5) is 11.4 Å². The molecule has 2 aliphatic heterocycles. The molecule has 0 saturated carbocycles. The number of Topliss-reactive ketones (excluding diaryl/α,β-unsaturated/α-hetero) is 1. The SMILES string of the molecule is CCc1ccc(N2C(N)=C(C#N)C3(C(=O)Nc4ccccc43)C3=C2CCCC3=O)cc1. The number of nitrogens with two attached hydrogens (primary N) is 1. The number of hydrogen-bond donors (Lipinski definition) is 2. The van der Waals surface area contributed by atoms with Crippen molar-refractivity contribution in [2.45, 2.75) is 38.0 Å². The quantitative estimate of drug-likeness (QED) is 0.787. The van der Waals surface area contributed by atoms with Crippen molar-refractivity contribution in [3.05, 3.63) is 82.3 Å². The van der Waals surface area contributed by atoms with Gasteiger partial charge in [-0.3, -0.25) is 14.5 Å². The van der Waals surface area contributed by atoms with Crippen molar-refractivity contribution < 1.29 is 9.59 Å². The second-order valence-corrected chi connectivity index (χ2v) is 8.08. The van der Waals surface area contributed by atoms with E-state index in [9.17, 15) is 14.9 Å². The van der Waals surface area contributed by atoms with Crippen LogP contribution in [0.2, 0.25) is 0 Å². The van der Waals surface area contributed by atoms with Gasteiger partial charge in [0.1, 0.15) is 17.3 Å². The Kier molecular flexibility index (Phi) is 4.23. The van der Waals surface area contributed by atoms with Gasteiger partial charge in [-0.2, -0.15) is 5.26 Å². The summed E-state index contributed by atoms with van der Waals surface area (Å²) in [5, 5.41) is 13.1. The molecule has 1 spiro atoms. The van der Waals surface area contributed by atoms with Gasteiger partial charge < -0.3 is 11.1 Å². The summed E-state index contributed by atoms with van der Waals surface area (Å²) in [6.45, 7) is 2.08. The minimum absolute atomic E-state index is 0.100. The van der Waals surface area contributed by atoms with Crippen molar-refractivity contribution in [1.29, 1.82) is 5.26 Å². The first-order chi connectivity index (χ1) is 15.0. The second kappa shape index (κ2) is 6.85. The van der Waals surface area contributed by atoms with E-state index in [1.54, 1.807) is 17.0 Å².